The third-order valence-electron chi connectivity index (χ3n) is 5.09. The number of imidazole rings is 1. The molecule has 4 heterocycles. The summed E-state index contributed by atoms with van der Waals surface area (Å²) >= 11 is 5.94. The molecule has 0 saturated carbocycles. The monoisotopic (exact) mass is 323 g/mol. The molecule has 22 heavy (non-hydrogen) atoms. The molecule has 4 rings (SSSR count). The van der Waals surface area contributed by atoms with Crippen LogP contribution in [0.3, 0.4) is 0 Å². The number of aromatic nitrogens is 4. The molecule has 2 bridgehead atoms. The summed E-state index contributed by atoms with van der Waals surface area (Å²) in [7, 11) is 0. The average Bonchev–Trinajstić information content (AvgIpc) is 2.94. The second-order valence-electron chi connectivity index (χ2n) is 6.00. The van der Waals surface area contributed by atoms with Crippen LogP contribution in [-0.2, 0) is 9.47 Å². The van der Waals surface area contributed by atoms with Crippen LogP contribution >= 0.6 is 11.6 Å². The number of hydrogen-bond acceptors (Lipinski definition) is 6. The minimum absolute atomic E-state index is 0.0268. The van der Waals surface area contributed by atoms with Gasteiger partial charge in [0.05, 0.1) is 11.9 Å². The van der Waals surface area contributed by atoms with Gasteiger partial charge in [-0.2, -0.15) is 9.97 Å². The highest BCUT2D eigenvalue weighted by Gasteiger charge is 2.55. The number of hydrogen-bond donors (Lipinski definition) is 1. The summed E-state index contributed by atoms with van der Waals surface area (Å²) in [5.74, 6) is 0.581. The zero-order chi connectivity index (χ0) is 15.5. The third-order valence-corrected chi connectivity index (χ3v) is 5.26. The molecule has 0 aliphatic carbocycles. The number of rotatable bonds is 2. The van der Waals surface area contributed by atoms with Crippen LogP contribution in [0.2, 0.25) is 5.28 Å². The molecule has 8 heteroatoms. The van der Waals surface area contributed by atoms with E-state index in [1.165, 1.54) is 0 Å². The average molecular weight is 324 g/mol. The van der Waals surface area contributed by atoms with E-state index in [4.69, 9.17) is 26.8 Å². The quantitative estimate of drug-likeness (QED) is 0.852. The summed E-state index contributed by atoms with van der Waals surface area (Å²) < 4.78 is 14.3. The van der Waals surface area contributed by atoms with Gasteiger partial charge in [-0.25, -0.2) is 4.98 Å². The van der Waals surface area contributed by atoms with Crippen LogP contribution in [-0.4, -0.2) is 37.8 Å². The fraction of sp³-hybridized carbons (Fsp3) is 0.643. The highest BCUT2D eigenvalue weighted by Crippen LogP contribution is 2.50. The highest BCUT2D eigenvalue weighted by atomic mass is 35.5. The second-order valence-corrected chi connectivity index (χ2v) is 6.34. The Bertz CT molecular complexity index is 735. The minimum Gasteiger partial charge on any atom is -0.382 e. The van der Waals surface area contributed by atoms with Crippen molar-refractivity contribution in [3.63, 3.8) is 0 Å². The van der Waals surface area contributed by atoms with Crippen molar-refractivity contribution < 1.29 is 9.47 Å². The Morgan fingerprint density at radius 2 is 2.32 bits per heavy atom. The lowest BCUT2D eigenvalue weighted by molar-refractivity contribution is -0.0859. The number of nitrogen functional groups attached to an aromatic ring is 1. The number of fused-ring (bicyclic) bond motifs is 3. The number of nitrogens with zero attached hydrogens (tertiary/aromatic N) is 4. The Hall–Kier alpha value is -1.44. The lowest BCUT2D eigenvalue weighted by Gasteiger charge is -2.35. The zero-order valence-corrected chi connectivity index (χ0v) is 13.2. The number of halogens is 1. The molecule has 2 saturated heterocycles. The fourth-order valence-electron chi connectivity index (χ4n) is 3.74. The highest BCUT2D eigenvalue weighted by molar-refractivity contribution is 6.28. The van der Waals surface area contributed by atoms with Gasteiger partial charge in [-0.3, -0.25) is 4.57 Å². The van der Waals surface area contributed by atoms with Gasteiger partial charge in [-0.05, 0) is 18.0 Å². The Morgan fingerprint density at radius 1 is 1.50 bits per heavy atom. The smallest absolute Gasteiger partial charge is 0.226 e. The Morgan fingerprint density at radius 3 is 3.05 bits per heavy atom. The standard InChI is InChI=1S/C14H18ClN5O2/c1-3-14-4-5-21-9(7(14)2)12(22-14)20-6-17-8-10(16)18-13(15)19-11(8)20/h6-7,9,12H,3-5H2,1-2H3,(H2,16,18,19)/t7?,9-,12+,14-/m0/s1. The summed E-state index contributed by atoms with van der Waals surface area (Å²) in [6.07, 6.45) is 3.24. The van der Waals surface area contributed by atoms with E-state index in [1.54, 1.807) is 6.33 Å². The molecule has 2 aromatic rings. The van der Waals surface area contributed by atoms with Crippen LogP contribution in [0, 0.1) is 5.92 Å². The summed E-state index contributed by atoms with van der Waals surface area (Å²) in [5.41, 5.74) is 6.84. The van der Waals surface area contributed by atoms with Crippen molar-refractivity contribution in [2.75, 3.05) is 12.3 Å². The summed E-state index contributed by atoms with van der Waals surface area (Å²) in [6.45, 7) is 5.05. The molecule has 0 aromatic carbocycles. The molecule has 2 aromatic heterocycles. The second kappa shape index (κ2) is 4.78. The Kier molecular flexibility index (Phi) is 3.08. The summed E-state index contributed by atoms with van der Waals surface area (Å²) in [6, 6.07) is 0. The van der Waals surface area contributed by atoms with Crippen molar-refractivity contribution in [3.8, 4) is 0 Å². The minimum atomic E-state index is -0.271. The van der Waals surface area contributed by atoms with Gasteiger partial charge in [-0.15, -0.1) is 0 Å². The van der Waals surface area contributed by atoms with Gasteiger partial charge in [0.1, 0.15) is 11.6 Å². The molecule has 0 radical (unpaired) electrons. The molecule has 2 fully saturated rings. The van der Waals surface area contributed by atoms with E-state index in [9.17, 15) is 0 Å². The van der Waals surface area contributed by atoms with Gasteiger partial charge in [0, 0.05) is 18.9 Å². The first-order valence-corrected chi connectivity index (χ1v) is 7.88. The van der Waals surface area contributed by atoms with Crippen LogP contribution < -0.4 is 5.73 Å². The molecular formula is C14H18ClN5O2. The van der Waals surface area contributed by atoms with Crippen molar-refractivity contribution >= 4 is 28.6 Å². The zero-order valence-electron chi connectivity index (χ0n) is 12.5. The summed E-state index contributed by atoms with van der Waals surface area (Å²) in [5, 5.41) is 0.104. The van der Waals surface area contributed by atoms with Gasteiger partial charge >= 0.3 is 0 Å². The van der Waals surface area contributed by atoms with Crippen LogP contribution in [0.1, 0.15) is 32.9 Å². The van der Waals surface area contributed by atoms with Crippen molar-refractivity contribution in [2.45, 2.75) is 44.6 Å². The third kappa shape index (κ3) is 1.79. The maximum atomic E-state index is 6.42. The predicted molar refractivity (Wildman–Crippen MR) is 81.4 cm³/mol. The number of anilines is 1. The van der Waals surface area contributed by atoms with Gasteiger partial charge in [0.25, 0.3) is 0 Å². The number of ether oxygens (including phenoxy) is 2. The molecular weight excluding hydrogens is 306 g/mol. The maximum absolute atomic E-state index is 6.42. The molecule has 1 unspecified atom stereocenters. The van der Waals surface area contributed by atoms with Crippen LogP contribution in [0.4, 0.5) is 5.82 Å². The van der Waals surface area contributed by atoms with Crippen molar-refractivity contribution in [1.29, 1.82) is 0 Å². The number of nitrogens with two attached hydrogens (primary N) is 1. The van der Waals surface area contributed by atoms with Gasteiger partial charge in [0.2, 0.25) is 5.28 Å². The van der Waals surface area contributed by atoms with Crippen molar-refractivity contribution in [1.82, 2.24) is 19.5 Å². The molecule has 7 nitrogen and oxygen atoms in total. The lowest BCUT2D eigenvalue weighted by atomic mass is 9.81. The van der Waals surface area contributed by atoms with Crippen LogP contribution in [0.25, 0.3) is 11.2 Å². The van der Waals surface area contributed by atoms with Crippen molar-refractivity contribution in [3.05, 3.63) is 11.6 Å². The SMILES string of the molecule is CC[C@]12CCO[C@@H](C1C)[C@H](n1cnc3c(N)nc(Cl)nc31)O2. The normalized spacial score (nSPS) is 34.4. The molecule has 2 N–H and O–H groups in total. The van der Waals surface area contributed by atoms with E-state index >= 15 is 0 Å². The molecule has 2 aliphatic heterocycles. The first-order valence-electron chi connectivity index (χ1n) is 7.51. The van der Waals surface area contributed by atoms with E-state index in [-0.39, 0.29) is 29.0 Å². The molecule has 4 atom stereocenters. The molecule has 0 amide bonds. The van der Waals surface area contributed by atoms with Crippen LogP contribution in [0.15, 0.2) is 6.33 Å². The largest absolute Gasteiger partial charge is 0.382 e. The van der Waals surface area contributed by atoms with E-state index in [0.717, 1.165) is 12.8 Å². The maximum Gasteiger partial charge on any atom is 0.226 e. The first kappa shape index (κ1) is 14.2. The predicted octanol–water partition coefficient (Wildman–Crippen LogP) is 2.16. The first-order chi connectivity index (χ1) is 10.6. The Labute approximate surface area is 132 Å². The van der Waals surface area contributed by atoms with Gasteiger partial charge < -0.3 is 15.2 Å². The lowest BCUT2D eigenvalue weighted by Crippen LogP contribution is -2.42. The Balaban J connectivity index is 1.83. The van der Waals surface area contributed by atoms with Gasteiger partial charge in [-0.1, -0.05) is 13.8 Å². The molecule has 118 valence electrons. The molecule has 2 aliphatic rings. The van der Waals surface area contributed by atoms with Crippen molar-refractivity contribution in [2.24, 2.45) is 5.92 Å². The van der Waals surface area contributed by atoms with E-state index in [2.05, 4.69) is 28.8 Å². The van der Waals surface area contributed by atoms with E-state index in [1.807, 2.05) is 4.57 Å². The van der Waals surface area contributed by atoms with Crippen LogP contribution in [0.5, 0.6) is 0 Å². The van der Waals surface area contributed by atoms with Gasteiger partial charge in [0.15, 0.2) is 17.7 Å². The van der Waals surface area contributed by atoms with E-state index < -0.39 is 0 Å². The summed E-state index contributed by atoms with van der Waals surface area (Å²) in [4.78, 5) is 12.5. The topological polar surface area (TPSA) is 88.1 Å². The van der Waals surface area contributed by atoms with E-state index in [0.29, 0.717) is 23.7 Å². The molecule has 0 spiro atoms. The fourth-order valence-corrected chi connectivity index (χ4v) is 3.91.